The third-order valence-electron chi connectivity index (χ3n) is 3.64. The van der Waals surface area contributed by atoms with E-state index in [0.717, 1.165) is 5.69 Å². The second-order valence-electron chi connectivity index (χ2n) is 5.09. The number of aliphatic hydroxyl groups is 1. The van der Waals surface area contributed by atoms with Crippen molar-refractivity contribution in [2.75, 3.05) is 20.2 Å². The van der Waals surface area contributed by atoms with Gasteiger partial charge < -0.3 is 10.0 Å². The van der Waals surface area contributed by atoms with E-state index in [1.54, 1.807) is 11.1 Å². The second-order valence-corrected chi connectivity index (χ2v) is 5.09. The van der Waals surface area contributed by atoms with Crippen molar-refractivity contribution in [1.82, 2.24) is 14.8 Å². The molecule has 5 nitrogen and oxygen atoms in total. The molecule has 0 aromatic carbocycles. The molecule has 0 bridgehead atoms. The zero-order valence-corrected chi connectivity index (χ0v) is 11.5. The molecule has 0 saturated carbocycles. The minimum absolute atomic E-state index is 0.0235. The van der Waals surface area contributed by atoms with Gasteiger partial charge in [0.15, 0.2) is 0 Å². The lowest BCUT2D eigenvalue weighted by Gasteiger charge is -2.43. The Morgan fingerprint density at radius 2 is 2.26 bits per heavy atom. The maximum Gasteiger partial charge on any atom is 0.239 e. The Hall–Kier alpha value is -1.46. The van der Waals surface area contributed by atoms with E-state index >= 15 is 0 Å². The number of hydrogen-bond donors (Lipinski definition) is 1. The summed E-state index contributed by atoms with van der Waals surface area (Å²) < 4.78 is 0. The van der Waals surface area contributed by atoms with Gasteiger partial charge in [0.1, 0.15) is 0 Å². The minimum Gasteiger partial charge on any atom is -0.396 e. The largest absolute Gasteiger partial charge is 0.396 e. The predicted octanol–water partition coefficient (Wildman–Crippen LogP) is 0.495. The number of hydrogen-bond acceptors (Lipinski definition) is 4. The molecule has 0 spiro atoms. The number of piperazine rings is 1. The maximum atomic E-state index is 12.2. The summed E-state index contributed by atoms with van der Waals surface area (Å²) in [6, 6.07) is 5.81. The molecule has 5 heteroatoms. The van der Waals surface area contributed by atoms with Crippen LogP contribution in [-0.2, 0) is 11.3 Å². The lowest BCUT2D eigenvalue weighted by Crippen LogP contribution is -2.59. The number of aromatic nitrogens is 1. The van der Waals surface area contributed by atoms with Gasteiger partial charge in [-0.3, -0.25) is 14.7 Å². The van der Waals surface area contributed by atoms with Gasteiger partial charge in [0.05, 0.1) is 11.7 Å². The van der Waals surface area contributed by atoms with Gasteiger partial charge >= 0.3 is 0 Å². The molecule has 104 valence electrons. The van der Waals surface area contributed by atoms with Crippen LogP contribution in [0, 0.1) is 0 Å². The Bertz CT molecular complexity index is 424. The molecule has 2 atom stereocenters. The number of carbonyl (C=O) groups excluding carboxylic acids is 1. The van der Waals surface area contributed by atoms with E-state index in [0.29, 0.717) is 19.5 Å². The lowest BCUT2D eigenvalue weighted by molar-refractivity contribution is -0.144. The quantitative estimate of drug-likeness (QED) is 0.859. The second kappa shape index (κ2) is 6.12. The standard InChI is InChI=1S/C14H21N3O2/c1-11-9-16(2)14(19)13(6-8-18)17(11)10-12-5-3-4-7-15-12/h3-5,7,11,13,18H,6,8-10H2,1-2H3. The van der Waals surface area contributed by atoms with Crippen LogP contribution < -0.4 is 0 Å². The van der Waals surface area contributed by atoms with Crippen molar-refractivity contribution < 1.29 is 9.90 Å². The summed E-state index contributed by atoms with van der Waals surface area (Å²) in [4.78, 5) is 20.4. The highest BCUT2D eigenvalue weighted by molar-refractivity contribution is 5.82. The summed E-state index contributed by atoms with van der Waals surface area (Å²) in [5.41, 5.74) is 0.953. The van der Waals surface area contributed by atoms with Crippen LogP contribution in [0.3, 0.4) is 0 Å². The van der Waals surface area contributed by atoms with Crippen LogP contribution in [0.5, 0.6) is 0 Å². The SMILES string of the molecule is CC1CN(C)C(=O)C(CCO)N1Cc1ccccn1. The topological polar surface area (TPSA) is 56.7 Å². The number of nitrogens with zero attached hydrogens (tertiary/aromatic N) is 3. The van der Waals surface area contributed by atoms with Gasteiger partial charge in [-0.25, -0.2) is 0 Å². The molecule has 1 aromatic rings. The van der Waals surface area contributed by atoms with Gasteiger partial charge in [0, 0.05) is 39.0 Å². The number of pyridine rings is 1. The van der Waals surface area contributed by atoms with Crippen molar-refractivity contribution in [2.45, 2.75) is 32.0 Å². The zero-order valence-electron chi connectivity index (χ0n) is 11.5. The summed E-state index contributed by atoms with van der Waals surface area (Å²) in [5.74, 6) is 0.0862. The van der Waals surface area contributed by atoms with E-state index < -0.39 is 0 Å². The Kier molecular flexibility index (Phi) is 4.50. The molecule has 1 aromatic heterocycles. The van der Waals surface area contributed by atoms with Crippen LogP contribution in [0.2, 0.25) is 0 Å². The maximum absolute atomic E-state index is 12.2. The van der Waals surface area contributed by atoms with Crippen molar-refractivity contribution in [1.29, 1.82) is 0 Å². The molecule has 19 heavy (non-hydrogen) atoms. The molecule has 1 N–H and O–H groups in total. The summed E-state index contributed by atoms with van der Waals surface area (Å²) in [6.07, 6.45) is 2.24. The fraction of sp³-hybridized carbons (Fsp3) is 0.571. The molecule has 2 unspecified atom stereocenters. The van der Waals surface area contributed by atoms with E-state index in [1.165, 1.54) is 0 Å². The van der Waals surface area contributed by atoms with Gasteiger partial charge in [-0.05, 0) is 25.5 Å². The highest BCUT2D eigenvalue weighted by Gasteiger charge is 2.36. The fourth-order valence-corrected chi connectivity index (χ4v) is 2.65. The van der Waals surface area contributed by atoms with Crippen LogP contribution in [0.15, 0.2) is 24.4 Å². The van der Waals surface area contributed by atoms with Gasteiger partial charge in [-0.1, -0.05) is 6.07 Å². The summed E-state index contributed by atoms with van der Waals surface area (Å²) >= 11 is 0. The average Bonchev–Trinajstić information content (AvgIpc) is 2.41. The highest BCUT2D eigenvalue weighted by atomic mass is 16.3. The van der Waals surface area contributed by atoms with Gasteiger partial charge in [-0.2, -0.15) is 0 Å². The van der Waals surface area contributed by atoms with Crippen LogP contribution in [0.25, 0.3) is 0 Å². The smallest absolute Gasteiger partial charge is 0.239 e. The molecule has 1 aliphatic rings. The number of aliphatic hydroxyl groups excluding tert-OH is 1. The molecular formula is C14H21N3O2. The third-order valence-corrected chi connectivity index (χ3v) is 3.64. The van der Waals surface area contributed by atoms with Crippen LogP contribution in [-0.4, -0.2) is 58.1 Å². The average molecular weight is 263 g/mol. The Morgan fingerprint density at radius 3 is 2.89 bits per heavy atom. The zero-order chi connectivity index (χ0) is 13.8. The van der Waals surface area contributed by atoms with Crippen LogP contribution in [0.4, 0.5) is 0 Å². The fourth-order valence-electron chi connectivity index (χ4n) is 2.65. The van der Waals surface area contributed by atoms with E-state index in [9.17, 15) is 9.90 Å². The molecule has 1 fully saturated rings. The van der Waals surface area contributed by atoms with Gasteiger partial charge in [0.25, 0.3) is 0 Å². The molecule has 0 radical (unpaired) electrons. The first kappa shape index (κ1) is 14.0. The number of carbonyl (C=O) groups is 1. The van der Waals surface area contributed by atoms with Crippen LogP contribution >= 0.6 is 0 Å². The molecule has 2 rings (SSSR count). The van der Waals surface area contributed by atoms with E-state index in [1.807, 2.05) is 25.2 Å². The summed E-state index contributed by atoms with van der Waals surface area (Å²) in [7, 11) is 1.82. The van der Waals surface area contributed by atoms with Crippen molar-refractivity contribution in [3.05, 3.63) is 30.1 Å². The number of likely N-dealkylation sites (N-methyl/N-ethyl adjacent to an activating group) is 1. The Balaban J connectivity index is 2.17. The molecule has 1 aliphatic heterocycles. The summed E-state index contributed by atoms with van der Waals surface area (Å²) in [6.45, 7) is 3.49. The molecule has 1 amide bonds. The van der Waals surface area contributed by atoms with Crippen molar-refractivity contribution in [3.63, 3.8) is 0 Å². The highest BCUT2D eigenvalue weighted by Crippen LogP contribution is 2.20. The Morgan fingerprint density at radius 1 is 1.47 bits per heavy atom. The van der Waals surface area contributed by atoms with Crippen molar-refractivity contribution >= 4 is 5.91 Å². The third kappa shape index (κ3) is 3.11. The van der Waals surface area contributed by atoms with E-state index in [-0.39, 0.29) is 24.6 Å². The van der Waals surface area contributed by atoms with Crippen LogP contribution in [0.1, 0.15) is 19.0 Å². The predicted molar refractivity (Wildman–Crippen MR) is 72.4 cm³/mol. The first-order valence-corrected chi connectivity index (χ1v) is 6.65. The normalized spacial score (nSPS) is 24.8. The van der Waals surface area contributed by atoms with E-state index in [4.69, 9.17) is 0 Å². The molecule has 0 aliphatic carbocycles. The van der Waals surface area contributed by atoms with Gasteiger partial charge in [0.2, 0.25) is 5.91 Å². The minimum atomic E-state index is -0.249. The molecule has 1 saturated heterocycles. The monoisotopic (exact) mass is 263 g/mol. The number of amides is 1. The first-order valence-electron chi connectivity index (χ1n) is 6.65. The molecule has 2 heterocycles. The first-order chi connectivity index (χ1) is 9.13. The number of rotatable bonds is 4. The van der Waals surface area contributed by atoms with Crippen molar-refractivity contribution in [2.24, 2.45) is 0 Å². The van der Waals surface area contributed by atoms with Crippen molar-refractivity contribution in [3.8, 4) is 0 Å². The van der Waals surface area contributed by atoms with E-state index in [2.05, 4.69) is 16.8 Å². The lowest BCUT2D eigenvalue weighted by atomic mass is 10.0. The summed E-state index contributed by atoms with van der Waals surface area (Å²) in [5, 5.41) is 9.18. The molecular weight excluding hydrogens is 242 g/mol. The Labute approximate surface area is 113 Å². The van der Waals surface area contributed by atoms with Gasteiger partial charge in [-0.15, -0.1) is 0 Å².